The number of pyridine rings is 1. The van der Waals surface area contributed by atoms with Crippen LogP contribution in [0.3, 0.4) is 0 Å². The number of carbonyl (C=O) groups excluding carboxylic acids is 1. The number of nitrogens with one attached hydrogen (secondary N) is 1. The van der Waals surface area contributed by atoms with Gasteiger partial charge >= 0.3 is 0 Å². The van der Waals surface area contributed by atoms with Gasteiger partial charge in [0.15, 0.2) is 6.61 Å². The highest BCUT2D eigenvalue weighted by molar-refractivity contribution is 6.31. The predicted octanol–water partition coefficient (Wildman–Crippen LogP) is 5.07. The van der Waals surface area contributed by atoms with Gasteiger partial charge in [-0.25, -0.2) is 4.98 Å². The van der Waals surface area contributed by atoms with E-state index < -0.39 is 0 Å². The Bertz CT molecular complexity index is 1060. The van der Waals surface area contributed by atoms with Crippen molar-refractivity contribution >= 4 is 34.2 Å². The molecule has 0 saturated carbocycles. The smallest absolute Gasteiger partial charge is 0.258 e. The zero-order chi connectivity index (χ0) is 21.8. The summed E-state index contributed by atoms with van der Waals surface area (Å²) < 4.78 is 5.86. The summed E-state index contributed by atoms with van der Waals surface area (Å²) in [6.07, 6.45) is 1.25. The number of rotatable bonds is 6. The first-order chi connectivity index (χ1) is 15.0. The van der Waals surface area contributed by atoms with Crippen molar-refractivity contribution in [3.8, 4) is 5.75 Å². The van der Waals surface area contributed by atoms with E-state index in [0.29, 0.717) is 29.2 Å². The average Bonchev–Trinajstić information content (AvgIpc) is 2.76. The molecule has 2 heterocycles. The standard InChI is InChI=1S/C25H28ClN3O2/c1-17-12-18(2)15-29(14-17)23-11-10-19-7-5-9-22(25(19)28-23)31-16-24(30)27-13-20-6-3-4-8-21(20)26/h3-11,17-18H,12-16H2,1-2H3,(H,27,30). The van der Waals surface area contributed by atoms with Crippen molar-refractivity contribution in [3.63, 3.8) is 0 Å². The summed E-state index contributed by atoms with van der Waals surface area (Å²) in [5.74, 6) is 2.67. The van der Waals surface area contributed by atoms with Crippen molar-refractivity contribution in [2.75, 3.05) is 24.6 Å². The van der Waals surface area contributed by atoms with E-state index in [-0.39, 0.29) is 12.5 Å². The van der Waals surface area contributed by atoms with Crippen LogP contribution in [0.5, 0.6) is 5.75 Å². The minimum atomic E-state index is -0.202. The molecule has 0 bridgehead atoms. The summed E-state index contributed by atoms with van der Waals surface area (Å²) in [5, 5.41) is 4.49. The molecule has 2 atom stereocenters. The number of fused-ring (bicyclic) bond motifs is 1. The number of ether oxygens (including phenoxy) is 1. The first kappa shape index (κ1) is 21.4. The summed E-state index contributed by atoms with van der Waals surface area (Å²) in [6.45, 7) is 6.89. The van der Waals surface area contributed by atoms with Crippen LogP contribution in [0.25, 0.3) is 10.9 Å². The van der Waals surface area contributed by atoms with Gasteiger partial charge in [-0.15, -0.1) is 0 Å². The van der Waals surface area contributed by atoms with Gasteiger partial charge in [-0.2, -0.15) is 0 Å². The topological polar surface area (TPSA) is 54.5 Å². The van der Waals surface area contributed by atoms with E-state index in [1.807, 2.05) is 42.5 Å². The lowest BCUT2D eigenvalue weighted by atomic mass is 9.92. The number of aromatic nitrogens is 1. The molecule has 1 aliphatic rings. The number of hydrogen-bond donors (Lipinski definition) is 1. The first-order valence-electron chi connectivity index (χ1n) is 10.8. The highest BCUT2D eigenvalue weighted by Gasteiger charge is 2.23. The number of hydrogen-bond acceptors (Lipinski definition) is 4. The van der Waals surface area contributed by atoms with E-state index in [1.54, 1.807) is 0 Å². The molecule has 1 N–H and O–H groups in total. The van der Waals surface area contributed by atoms with Gasteiger partial charge in [0, 0.05) is 30.0 Å². The molecule has 1 fully saturated rings. The van der Waals surface area contributed by atoms with Crippen LogP contribution in [-0.2, 0) is 11.3 Å². The van der Waals surface area contributed by atoms with Crippen LogP contribution < -0.4 is 15.0 Å². The van der Waals surface area contributed by atoms with Gasteiger partial charge in [-0.1, -0.05) is 55.8 Å². The second-order valence-corrected chi connectivity index (χ2v) is 8.91. The number of anilines is 1. The SMILES string of the molecule is CC1CC(C)CN(c2ccc3cccc(OCC(=O)NCc4ccccc4Cl)c3n2)C1. The zero-order valence-corrected chi connectivity index (χ0v) is 18.7. The molecule has 1 aromatic heterocycles. The summed E-state index contributed by atoms with van der Waals surface area (Å²) in [6, 6.07) is 17.4. The van der Waals surface area contributed by atoms with Crippen molar-refractivity contribution in [1.82, 2.24) is 10.3 Å². The van der Waals surface area contributed by atoms with Crippen LogP contribution in [-0.4, -0.2) is 30.6 Å². The number of amides is 1. The average molecular weight is 438 g/mol. The molecule has 0 aliphatic carbocycles. The third kappa shape index (κ3) is 5.28. The van der Waals surface area contributed by atoms with Crippen LogP contribution in [0.1, 0.15) is 25.8 Å². The number of halogens is 1. The van der Waals surface area contributed by atoms with E-state index in [4.69, 9.17) is 21.3 Å². The van der Waals surface area contributed by atoms with E-state index in [0.717, 1.165) is 35.4 Å². The molecule has 3 aromatic rings. The van der Waals surface area contributed by atoms with Gasteiger partial charge in [0.1, 0.15) is 17.1 Å². The zero-order valence-electron chi connectivity index (χ0n) is 18.0. The maximum atomic E-state index is 12.3. The number of carbonyl (C=O) groups is 1. The van der Waals surface area contributed by atoms with E-state index >= 15 is 0 Å². The maximum absolute atomic E-state index is 12.3. The Kier molecular flexibility index (Phi) is 6.62. The highest BCUT2D eigenvalue weighted by Crippen LogP contribution is 2.29. The monoisotopic (exact) mass is 437 g/mol. The van der Waals surface area contributed by atoms with Crippen LogP contribution in [0.4, 0.5) is 5.82 Å². The van der Waals surface area contributed by atoms with Gasteiger partial charge in [0.25, 0.3) is 5.91 Å². The Hall–Kier alpha value is -2.79. The Labute approximate surface area is 188 Å². The Balaban J connectivity index is 1.44. The van der Waals surface area contributed by atoms with Crippen molar-refractivity contribution in [1.29, 1.82) is 0 Å². The largest absolute Gasteiger partial charge is 0.481 e. The van der Waals surface area contributed by atoms with Crippen molar-refractivity contribution in [2.24, 2.45) is 11.8 Å². The molecule has 1 saturated heterocycles. The predicted molar refractivity (Wildman–Crippen MR) is 126 cm³/mol. The Morgan fingerprint density at radius 2 is 1.87 bits per heavy atom. The highest BCUT2D eigenvalue weighted by atomic mass is 35.5. The molecule has 0 radical (unpaired) electrons. The molecule has 2 aromatic carbocycles. The molecule has 162 valence electrons. The molecule has 5 nitrogen and oxygen atoms in total. The third-order valence-electron chi connectivity index (χ3n) is 5.65. The normalized spacial score (nSPS) is 18.7. The summed E-state index contributed by atoms with van der Waals surface area (Å²) in [4.78, 5) is 19.6. The minimum absolute atomic E-state index is 0.0761. The van der Waals surface area contributed by atoms with Crippen LogP contribution in [0.15, 0.2) is 54.6 Å². The number of benzene rings is 2. The molecular weight excluding hydrogens is 410 g/mol. The number of piperidine rings is 1. The van der Waals surface area contributed by atoms with Gasteiger partial charge < -0.3 is 15.0 Å². The molecule has 6 heteroatoms. The fourth-order valence-corrected chi connectivity index (χ4v) is 4.48. The minimum Gasteiger partial charge on any atom is -0.481 e. The molecule has 31 heavy (non-hydrogen) atoms. The lowest BCUT2D eigenvalue weighted by Crippen LogP contribution is -2.39. The first-order valence-corrected chi connectivity index (χ1v) is 11.1. The molecule has 1 amide bonds. The number of nitrogens with zero attached hydrogens (tertiary/aromatic N) is 2. The second kappa shape index (κ2) is 9.56. The van der Waals surface area contributed by atoms with Crippen molar-refractivity contribution in [3.05, 3.63) is 65.2 Å². The van der Waals surface area contributed by atoms with Crippen LogP contribution in [0, 0.1) is 11.8 Å². The lowest BCUT2D eigenvalue weighted by Gasteiger charge is -2.35. The third-order valence-corrected chi connectivity index (χ3v) is 6.02. The Morgan fingerprint density at radius 1 is 1.10 bits per heavy atom. The van der Waals surface area contributed by atoms with Crippen molar-refractivity contribution in [2.45, 2.75) is 26.8 Å². The van der Waals surface area contributed by atoms with Crippen LogP contribution in [0.2, 0.25) is 5.02 Å². The lowest BCUT2D eigenvalue weighted by molar-refractivity contribution is -0.123. The molecule has 1 aliphatic heterocycles. The van der Waals surface area contributed by atoms with Crippen molar-refractivity contribution < 1.29 is 9.53 Å². The van der Waals surface area contributed by atoms with Gasteiger partial charge in [0.05, 0.1) is 0 Å². The fourth-order valence-electron chi connectivity index (χ4n) is 4.28. The van der Waals surface area contributed by atoms with Gasteiger partial charge in [0.2, 0.25) is 0 Å². The second-order valence-electron chi connectivity index (χ2n) is 8.51. The summed E-state index contributed by atoms with van der Waals surface area (Å²) in [7, 11) is 0. The number of para-hydroxylation sites is 1. The molecular formula is C25H28ClN3O2. The Morgan fingerprint density at radius 3 is 2.65 bits per heavy atom. The van der Waals surface area contributed by atoms with E-state index in [9.17, 15) is 4.79 Å². The quantitative estimate of drug-likeness (QED) is 0.585. The summed E-state index contributed by atoms with van der Waals surface area (Å²) in [5.41, 5.74) is 1.66. The van der Waals surface area contributed by atoms with E-state index in [1.165, 1.54) is 6.42 Å². The van der Waals surface area contributed by atoms with E-state index in [2.05, 4.69) is 36.2 Å². The maximum Gasteiger partial charge on any atom is 0.258 e. The van der Waals surface area contributed by atoms with Crippen LogP contribution >= 0.6 is 11.6 Å². The van der Waals surface area contributed by atoms with Gasteiger partial charge in [-0.05, 0) is 48.1 Å². The summed E-state index contributed by atoms with van der Waals surface area (Å²) >= 11 is 6.15. The van der Waals surface area contributed by atoms with Gasteiger partial charge in [-0.3, -0.25) is 4.79 Å². The fraction of sp³-hybridized carbons (Fsp3) is 0.360. The molecule has 2 unspecified atom stereocenters. The molecule has 0 spiro atoms. The molecule has 4 rings (SSSR count).